The van der Waals surface area contributed by atoms with Gasteiger partial charge in [0.25, 0.3) is 20.2 Å². The van der Waals surface area contributed by atoms with E-state index in [4.69, 9.17) is 9.47 Å². The molecular formula is C37H32F3N9O15S2. The number of aliphatic hydroxyl groups is 3. The summed E-state index contributed by atoms with van der Waals surface area (Å²) in [6, 6.07) is 13.4. The molecule has 0 fully saturated rings. The molecule has 0 aliphatic carbocycles. The molecule has 6 aromatic rings. The van der Waals surface area contributed by atoms with Gasteiger partial charge in [-0.15, -0.1) is 35.9 Å². The monoisotopic (exact) mass is 963 g/mol. The first kappa shape index (κ1) is 48.2. The average molecular weight is 964 g/mol. The molecule has 66 heavy (non-hydrogen) atoms. The van der Waals surface area contributed by atoms with Gasteiger partial charge >= 0.3 is 6.18 Å². The zero-order valence-corrected chi connectivity index (χ0v) is 34.6. The fourth-order valence-corrected chi connectivity index (χ4v) is 7.17. The van der Waals surface area contributed by atoms with Gasteiger partial charge in [0.2, 0.25) is 5.88 Å². The van der Waals surface area contributed by atoms with Crippen LogP contribution in [0.2, 0.25) is 0 Å². The summed E-state index contributed by atoms with van der Waals surface area (Å²) < 4.78 is 122. The number of benzene rings is 5. The Kier molecular flexibility index (Phi) is 14.2. The van der Waals surface area contributed by atoms with E-state index in [1.165, 1.54) is 24.3 Å². The van der Waals surface area contributed by atoms with Crippen molar-refractivity contribution in [2.75, 3.05) is 31.7 Å². The third-order valence-electron chi connectivity index (χ3n) is 8.79. The Morgan fingerprint density at radius 1 is 0.667 bits per heavy atom. The molecule has 0 bridgehead atoms. The number of halogens is 3. The molecule has 0 saturated carbocycles. The van der Waals surface area contributed by atoms with Crippen molar-refractivity contribution in [3.8, 4) is 28.8 Å². The number of nitrogens with zero attached hydrogens (tertiary/aromatic N) is 9. The Morgan fingerprint density at radius 3 is 1.82 bits per heavy atom. The van der Waals surface area contributed by atoms with Crippen LogP contribution in [-0.4, -0.2) is 98.1 Å². The third kappa shape index (κ3) is 10.7. The maximum atomic E-state index is 13.5. The second-order valence-corrected chi connectivity index (χ2v) is 15.9. The van der Waals surface area contributed by atoms with Crippen molar-refractivity contribution in [1.82, 2.24) is 9.78 Å². The fraction of sp³-hybridized carbons (Fsp3) is 0.162. The van der Waals surface area contributed by atoms with E-state index in [0.29, 0.717) is 6.07 Å². The molecule has 1 heterocycles. The molecule has 24 nitrogen and oxygen atoms in total. The number of anilines is 1. The van der Waals surface area contributed by atoms with Crippen molar-refractivity contribution in [2.45, 2.75) is 22.6 Å². The highest BCUT2D eigenvalue weighted by Crippen LogP contribution is 2.46. The molecule has 9 N–H and O–H groups in total. The first-order chi connectivity index (χ1) is 31.2. The van der Waals surface area contributed by atoms with Gasteiger partial charge in [0, 0.05) is 17.5 Å². The normalized spacial score (nSPS) is 12.6. The minimum atomic E-state index is -5.26. The van der Waals surface area contributed by atoms with Crippen LogP contribution in [0.5, 0.6) is 23.1 Å². The van der Waals surface area contributed by atoms with E-state index in [-0.39, 0.29) is 51.6 Å². The van der Waals surface area contributed by atoms with Crippen LogP contribution in [-0.2, 0) is 33.0 Å². The number of azo groups is 3. The third-order valence-corrected chi connectivity index (χ3v) is 10.5. The number of alkyl halides is 3. The molecule has 0 amide bonds. The van der Waals surface area contributed by atoms with Crippen molar-refractivity contribution >= 4 is 70.8 Å². The maximum absolute atomic E-state index is 13.5. The number of hydrogen-bond acceptors (Lipinski definition) is 21. The Bertz CT molecular complexity index is 3130. The average Bonchev–Trinajstić information content (AvgIpc) is 3.59. The Hall–Kier alpha value is -7.22. The molecule has 29 heteroatoms. The van der Waals surface area contributed by atoms with E-state index in [9.17, 15) is 75.1 Å². The summed E-state index contributed by atoms with van der Waals surface area (Å²) >= 11 is 0. The molecule has 1 aromatic heterocycles. The van der Waals surface area contributed by atoms with Gasteiger partial charge in [-0.25, -0.2) is 0 Å². The van der Waals surface area contributed by atoms with Crippen LogP contribution in [0, 0.1) is 0 Å². The lowest BCUT2D eigenvalue weighted by Crippen LogP contribution is -2.11. The van der Waals surface area contributed by atoms with Gasteiger partial charge < -0.3 is 35.0 Å². The maximum Gasteiger partial charge on any atom is 0.418 e. The Morgan fingerprint density at radius 2 is 1.24 bits per heavy atom. The first-order valence-corrected chi connectivity index (χ1v) is 21.1. The summed E-state index contributed by atoms with van der Waals surface area (Å²) in [5, 5.41) is 96.2. The highest BCUT2D eigenvalue weighted by molar-refractivity contribution is 7.86. The van der Waals surface area contributed by atoms with E-state index in [1.54, 1.807) is 0 Å². The zero-order chi connectivity index (χ0) is 48.1. The molecule has 0 aliphatic rings. The van der Waals surface area contributed by atoms with Crippen molar-refractivity contribution in [2.24, 2.45) is 30.7 Å². The van der Waals surface area contributed by atoms with Crippen LogP contribution in [0.4, 0.5) is 53.0 Å². The van der Waals surface area contributed by atoms with E-state index in [1.807, 2.05) is 0 Å². The van der Waals surface area contributed by atoms with Gasteiger partial charge in [0.15, 0.2) is 11.4 Å². The van der Waals surface area contributed by atoms with Gasteiger partial charge in [0.05, 0.1) is 42.4 Å². The number of aromatic hydroxyl groups is 2. The SMILES string of the molecule is O=S(=O)(O)c1cc(N(O)O)ccc1N=Nc1cc(OCCO)c(N=Nc2c(S(=O)(=O)O)cc3cc(-n4nc(CO)c(N=Nc5ccccc5C(F)(F)F)c4O)ccc3c2O)cc1OCCO. The van der Waals surface area contributed by atoms with Crippen LogP contribution in [0.3, 0.4) is 0 Å². The number of phenols is 1. The number of phenolic OH excluding ortho intramolecular Hbond substituents is 1. The highest BCUT2D eigenvalue weighted by Gasteiger charge is 2.33. The number of rotatable bonds is 17. The van der Waals surface area contributed by atoms with Crippen molar-refractivity contribution in [3.63, 3.8) is 0 Å². The molecule has 6 rings (SSSR count). The minimum absolute atomic E-state index is 0.0755. The van der Waals surface area contributed by atoms with Gasteiger partial charge in [0.1, 0.15) is 62.9 Å². The lowest BCUT2D eigenvalue weighted by atomic mass is 10.1. The van der Waals surface area contributed by atoms with Crippen LogP contribution in [0.1, 0.15) is 11.3 Å². The number of fused-ring (bicyclic) bond motifs is 1. The van der Waals surface area contributed by atoms with Gasteiger partial charge in [-0.2, -0.15) is 39.8 Å². The molecule has 0 radical (unpaired) electrons. The Balaban J connectivity index is 1.42. The molecule has 0 aliphatic heterocycles. The zero-order valence-electron chi connectivity index (χ0n) is 33.0. The van der Waals surface area contributed by atoms with E-state index < -0.39 is 113 Å². The quantitative estimate of drug-likeness (QED) is 0.0252. The largest absolute Gasteiger partial charge is 0.505 e. The van der Waals surface area contributed by atoms with Crippen molar-refractivity contribution in [3.05, 3.63) is 90.1 Å². The standard InChI is InChI=1S/C37H32F3N9O15S2/c38-37(39,40)23-3-1-2-4-24(23)41-45-33-28(18-52)47-48(36(33)54)20-5-7-22-19(13-20)14-32(66(60,61)62)34(35(22)53)46-44-27-17-29(63-11-9-50)26(16-30(27)64-12-10-51)43-42-25-8-6-21(49(55)56)15-31(25)65(57,58)59/h1-8,13-17,50-56H,9-12,18H2,(H,57,58,59)(H,60,61,62). The summed E-state index contributed by atoms with van der Waals surface area (Å²) in [7, 11) is -10.3. The number of aromatic nitrogens is 2. The number of aliphatic hydroxyl groups excluding tert-OH is 3. The fourth-order valence-electron chi connectivity index (χ4n) is 5.87. The van der Waals surface area contributed by atoms with E-state index in [2.05, 4.69) is 35.8 Å². The topological polar surface area (TPSA) is 364 Å². The summed E-state index contributed by atoms with van der Waals surface area (Å²) in [4.78, 5) is -1.92. The summed E-state index contributed by atoms with van der Waals surface area (Å²) in [5.41, 5.74) is -5.06. The second kappa shape index (κ2) is 19.5. The van der Waals surface area contributed by atoms with Crippen LogP contribution < -0.4 is 14.7 Å². The number of ether oxygens (including phenoxy) is 2. The first-order valence-electron chi connectivity index (χ1n) is 18.2. The molecule has 0 atom stereocenters. The molecule has 0 unspecified atom stereocenters. The molecular weight excluding hydrogens is 932 g/mol. The Labute approximate surface area is 368 Å². The minimum Gasteiger partial charge on any atom is -0.505 e. The predicted molar refractivity (Wildman–Crippen MR) is 218 cm³/mol. The van der Waals surface area contributed by atoms with Crippen molar-refractivity contribution < 1.29 is 84.5 Å². The van der Waals surface area contributed by atoms with E-state index in [0.717, 1.165) is 53.2 Å². The summed E-state index contributed by atoms with van der Waals surface area (Å²) in [6.07, 6.45) is -4.80. The van der Waals surface area contributed by atoms with Gasteiger partial charge in [-0.1, -0.05) is 12.1 Å². The predicted octanol–water partition coefficient (Wildman–Crippen LogP) is 7.01. The van der Waals surface area contributed by atoms with Crippen LogP contribution in [0.25, 0.3) is 16.5 Å². The highest BCUT2D eigenvalue weighted by atomic mass is 32.2. The molecule has 5 aromatic carbocycles. The van der Waals surface area contributed by atoms with Crippen LogP contribution >= 0.6 is 0 Å². The van der Waals surface area contributed by atoms with E-state index >= 15 is 0 Å². The van der Waals surface area contributed by atoms with Crippen molar-refractivity contribution in [1.29, 1.82) is 0 Å². The summed E-state index contributed by atoms with van der Waals surface area (Å²) in [5.74, 6) is -2.22. The number of hydrogen-bond donors (Lipinski definition) is 9. The molecule has 348 valence electrons. The lowest BCUT2D eigenvalue weighted by molar-refractivity contribution is -0.137. The molecule has 0 saturated heterocycles. The lowest BCUT2D eigenvalue weighted by Gasteiger charge is -2.13. The van der Waals surface area contributed by atoms with Crippen LogP contribution in [0.15, 0.2) is 119 Å². The smallest absolute Gasteiger partial charge is 0.418 e. The van der Waals surface area contributed by atoms with Gasteiger partial charge in [-0.05, 0) is 60.0 Å². The second-order valence-electron chi connectivity index (χ2n) is 13.1. The molecule has 0 spiro atoms. The van der Waals surface area contributed by atoms with Gasteiger partial charge in [-0.3, -0.25) is 19.5 Å². The summed E-state index contributed by atoms with van der Waals surface area (Å²) in [6.45, 7) is -2.77.